The van der Waals surface area contributed by atoms with Crippen molar-refractivity contribution >= 4 is 5.91 Å². The predicted molar refractivity (Wildman–Crippen MR) is 54.1 cm³/mol. The highest BCUT2D eigenvalue weighted by Crippen LogP contribution is 1.90. The summed E-state index contributed by atoms with van der Waals surface area (Å²) in [7, 11) is 3.34. The third kappa shape index (κ3) is 2.22. The smallest absolute Gasteiger partial charge is 0.253 e. The van der Waals surface area contributed by atoms with Crippen molar-refractivity contribution in [3.63, 3.8) is 0 Å². The van der Waals surface area contributed by atoms with E-state index in [4.69, 9.17) is 0 Å². The van der Waals surface area contributed by atoms with Crippen LogP contribution in [0.2, 0.25) is 0 Å². The fraction of sp³-hybridized carbons (Fsp3) is 0.400. The summed E-state index contributed by atoms with van der Waals surface area (Å²) in [5, 5.41) is 0. The van der Waals surface area contributed by atoms with Crippen LogP contribution in [0.1, 0.15) is 5.56 Å². The zero-order valence-electron chi connectivity index (χ0n) is 8.65. The second-order valence-corrected chi connectivity index (χ2v) is 3.41. The van der Waals surface area contributed by atoms with E-state index in [2.05, 4.69) is 0 Å². The van der Waals surface area contributed by atoms with Crippen LogP contribution in [-0.2, 0) is 11.3 Å². The summed E-state index contributed by atoms with van der Waals surface area (Å²) in [4.78, 5) is 24.3. The first-order chi connectivity index (χ1) is 6.52. The molecule has 0 fully saturated rings. The Kier molecular flexibility index (Phi) is 3.06. The number of aryl methyl sites for hydroxylation is 1. The lowest BCUT2D eigenvalue weighted by molar-refractivity contribution is -0.129. The molecule has 0 aliphatic carbocycles. The first kappa shape index (κ1) is 10.5. The van der Waals surface area contributed by atoms with E-state index in [0.29, 0.717) is 5.56 Å². The molecular weight excluding hydrogens is 180 g/mol. The Morgan fingerprint density at radius 3 is 2.71 bits per heavy atom. The lowest BCUT2D eigenvalue weighted by atomic mass is 10.3. The van der Waals surface area contributed by atoms with Gasteiger partial charge in [0.2, 0.25) is 5.91 Å². The van der Waals surface area contributed by atoms with Crippen molar-refractivity contribution in [2.24, 2.45) is 0 Å². The fourth-order valence-electron chi connectivity index (χ4n) is 1.07. The van der Waals surface area contributed by atoms with Gasteiger partial charge in [0, 0.05) is 25.9 Å². The summed E-state index contributed by atoms with van der Waals surface area (Å²) in [6.07, 6.45) is 1.62. The zero-order valence-corrected chi connectivity index (χ0v) is 8.65. The number of carbonyl (C=O) groups excluding carboxylic acids is 1. The summed E-state index contributed by atoms with van der Waals surface area (Å²) < 4.78 is 1.41. The highest BCUT2D eigenvalue weighted by Gasteiger charge is 2.06. The van der Waals surface area contributed by atoms with Gasteiger partial charge in [0.1, 0.15) is 6.54 Å². The Bertz CT molecular complexity index is 393. The summed E-state index contributed by atoms with van der Waals surface area (Å²) in [5.74, 6) is -0.0855. The maximum Gasteiger partial charge on any atom is 0.253 e. The number of rotatable bonds is 2. The van der Waals surface area contributed by atoms with E-state index in [1.807, 2.05) is 0 Å². The van der Waals surface area contributed by atoms with Gasteiger partial charge >= 0.3 is 0 Å². The number of pyridine rings is 1. The molecule has 4 nitrogen and oxygen atoms in total. The molecule has 0 aromatic carbocycles. The topological polar surface area (TPSA) is 42.3 Å². The van der Waals surface area contributed by atoms with Gasteiger partial charge in [-0.1, -0.05) is 6.07 Å². The molecule has 14 heavy (non-hydrogen) atoms. The van der Waals surface area contributed by atoms with Gasteiger partial charge in [0.15, 0.2) is 0 Å². The third-order valence-corrected chi connectivity index (χ3v) is 2.01. The van der Waals surface area contributed by atoms with Crippen LogP contribution in [0.25, 0.3) is 0 Å². The molecule has 1 aromatic rings. The van der Waals surface area contributed by atoms with Gasteiger partial charge < -0.3 is 9.47 Å². The first-order valence-corrected chi connectivity index (χ1v) is 4.38. The molecule has 0 spiro atoms. The molecule has 0 unspecified atom stereocenters. The van der Waals surface area contributed by atoms with E-state index >= 15 is 0 Å². The fourth-order valence-corrected chi connectivity index (χ4v) is 1.07. The van der Waals surface area contributed by atoms with Crippen molar-refractivity contribution in [2.45, 2.75) is 13.5 Å². The average molecular weight is 194 g/mol. The monoisotopic (exact) mass is 194 g/mol. The zero-order chi connectivity index (χ0) is 10.7. The number of hydrogen-bond donors (Lipinski definition) is 0. The molecule has 0 N–H and O–H groups in total. The summed E-state index contributed by atoms with van der Waals surface area (Å²) in [5.41, 5.74) is 0.543. The molecule has 0 aliphatic heterocycles. The van der Waals surface area contributed by atoms with E-state index in [0.717, 1.165) is 0 Å². The van der Waals surface area contributed by atoms with Crippen LogP contribution in [-0.4, -0.2) is 29.5 Å². The van der Waals surface area contributed by atoms with E-state index in [1.165, 1.54) is 9.47 Å². The number of hydrogen-bond acceptors (Lipinski definition) is 2. The van der Waals surface area contributed by atoms with Crippen LogP contribution in [0.5, 0.6) is 0 Å². The Morgan fingerprint density at radius 2 is 2.14 bits per heavy atom. The molecule has 1 rings (SSSR count). The minimum absolute atomic E-state index is 0.0855. The van der Waals surface area contributed by atoms with Crippen LogP contribution in [0.15, 0.2) is 23.1 Å². The van der Waals surface area contributed by atoms with E-state index < -0.39 is 0 Å². The lowest BCUT2D eigenvalue weighted by Gasteiger charge is -2.11. The first-order valence-electron chi connectivity index (χ1n) is 4.38. The number of amides is 1. The van der Waals surface area contributed by atoms with Crippen LogP contribution >= 0.6 is 0 Å². The molecule has 0 saturated carbocycles. The second-order valence-electron chi connectivity index (χ2n) is 3.41. The van der Waals surface area contributed by atoms with Gasteiger partial charge in [-0.2, -0.15) is 0 Å². The molecule has 1 amide bonds. The van der Waals surface area contributed by atoms with E-state index in [9.17, 15) is 9.59 Å². The van der Waals surface area contributed by atoms with Gasteiger partial charge in [0.05, 0.1) is 0 Å². The van der Waals surface area contributed by atoms with Crippen LogP contribution in [0.4, 0.5) is 0 Å². The maximum atomic E-state index is 11.5. The number of likely N-dealkylation sites (N-methyl/N-ethyl adjacent to an activating group) is 1. The highest BCUT2D eigenvalue weighted by molar-refractivity contribution is 5.75. The van der Waals surface area contributed by atoms with Crippen molar-refractivity contribution in [1.29, 1.82) is 0 Å². The maximum absolute atomic E-state index is 11.5. The van der Waals surface area contributed by atoms with Crippen molar-refractivity contribution in [1.82, 2.24) is 9.47 Å². The van der Waals surface area contributed by atoms with Gasteiger partial charge in [-0.3, -0.25) is 9.59 Å². The van der Waals surface area contributed by atoms with Crippen molar-refractivity contribution in [2.75, 3.05) is 14.1 Å². The minimum atomic E-state index is -0.109. The van der Waals surface area contributed by atoms with E-state index in [1.54, 1.807) is 39.3 Å². The lowest BCUT2D eigenvalue weighted by Crippen LogP contribution is -2.31. The van der Waals surface area contributed by atoms with Crippen LogP contribution in [0.3, 0.4) is 0 Å². The minimum Gasteiger partial charge on any atom is -0.347 e. The van der Waals surface area contributed by atoms with Gasteiger partial charge in [-0.15, -0.1) is 0 Å². The molecule has 76 valence electrons. The Balaban J connectivity index is 2.93. The predicted octanol–water partition coefficient (Wildman–Crippen LogP) is 0.245. The van der Waals surface area contributed by atoms with Gasteiger partial charge in [0.25, 0.3) is 5.56 Å². The Hall–Kier alpha value is -1.58. The highest BCUT2D eigenvalue weighted by atomic mass is 16.2. The molecule has 1 heterocycles. The largest absolute Gasteiger partial charge is 0.347 e. The number of aromatic nitrogens is 1. The average Bonchev–Trinajstić information content (AvgIpc) is 2.12. The third-order valence-electron chi connectivity index (χ3n) is 2.01. The normalized spacial score (nSPS) is 9.93. The SMILES string of the molecule is Cc1cccn(CC(=O)N(C)C)c1=O. The van der Waals surface area contributed by atoms with E-state index in [-0.39, 0.29) is 18.0 Å². The van der Waals surface area contributed by atoms with Crippen LogP contribution in [0, 0.1) is 6.92 Å². The van der Waals surface area contributed by atoms with Crippen molar-refractivity contribution < 1.29 is 4.79 Å². The molecule has 4 heteroatoms. The standard InChI is InChI=1S/C10H14N2O2/c1-8-5-4-6-12(10(8)14)7-9(13)11(2)3/h4-6H,7H2,1-3H3. The van der Waals surface area contributed by atoms with Crippen molar-refractivity contribution in [3.8, 4) is 0 Å². The molecule has 0 bridgehead atoms. The summed E-state index contributed by atoms with van der Waals surface area (Å²) in [6, 6.07) is 3.50. The molecule has 0 radical (unpaired) electrons. The number of carbonyl (C=O) groups is 1. The van der Waals surface area contributed by atoms with Gasteiger partial charge in [-0.25, -0.2) is 0 Å². The van der Waals surface area contributed by atoms with Crippen molar-refractivity contribution in [3.05, 3.63) is 34.2 Å². The Labute approximate surface area is 82.8 Å². The number of nitrogens with zero attached hydrogens (tertiary/aromatic N) is 2. The van der Waals surface area contributed by atoms with Crippen LogP contribution < -0.4 is 5.56 Å². The molecular formula is C10H14N2O2. The second kappa shape index (κ2) is 4.09. The van der Waals surface area contributed by atoms with Gasteiger partial charge in [-0.05, 0) is 13.0 Å². The Morgan fingerprint density at radius 1 is 1.50 bits per heavy atom. The quantitative estimate of drug-likeness (QED) is 0.677. The molecule has 1 aromatic heterocycles. The molecule has 0 atom stereocenters. The summed E-state index contributed by atoms with van der Waals surface area (Å²) in [6.45, 7) is 1.84. The molecule has 0 aliphatic rings. The molecule has 0 saturated heterocycles. The summed E-state index contributed by atoms with van der Waals surface area (Å²) >= 11 is 0.